The van der Waals surface area contributed by atoms with Gasteiger partial charge in [-0.15, -0.1) is 0 Å². The topological polar surface area (TPSA) is 96.6 Å². The third kappa shape index (κ3) is 3.49. The molecule has 0 saturated heterocycles. The van der Waals surface area contributed by atoms with Gasteiger partial charge in [0.05, 0.1) is 5.52 Å². The first kappa shape index (κ1) is 21.7. The molecule has 0 atom stereocenters. The number of nitrogens with zero attached hydrogens (tertiary/aromatic N) is 1. The minimum atomic E-state index is -1.99. The second kappa shape index (κ2) is 7.55. The zero-order valence-electron chi connectivity index (χ0n) is 15.9. The first-order chi connectivity index (χ1) is 14.6. The van der Waals surface area contributed by atoms with Crippen LogP contribution in [0.5, 0.6) is 0 Å². The lowest BCUT2D eigenvalue weighted by Crippen LogP contribution is -2.44. The van der Waals surface area contributed by atoms with E-state index in [1.165, 1.54) is 4.57 Å². The Kier molecular flexibility index (Phi) is 5.28. The van der Waals surface area contributed by atoms with Gasteiger partial charge in [0.1, 0.15) is 0 Å². The van der Waals surface area contributed by atoms with Crippen LogP contribution in [0.3, 0.4) is 0 Å². The number of fused-ring (bicyclic) bond motifs is 3. The Morgan fingerprint density at radius 2 is 1.61 bits per heavy atom. The molecule has 31 heavy (non-hydrogen) atoms. The fraction of sp³-hybridized carbons (Fsp3) is 0.227. The van der Waals surface area contributed by atoms with E-state index in [0.29, 0.717) is 33.3 Å². The van der Waals surface area contributed by atoms with Crippen molar-refractivity contribution in [3.8, 4) is 0 Å². The molecule has 0 radical (unpaired) electrons. The van der Waals surface area contributed by atoms with Gasteiger partial charge in [-0.05, 0) is 42.7 Å². The molecule has 4 rings (SSSR count). The zero-order valence-corrected chi connectivity index (χ0v) is 18.2. The first-order valence-electron chi connectivity index (χ1n) is 9.36. The average Bonchev–Trinajstić information content (AvgIpc) is 3.05. The SMILES string of the molecule is O=C(c1ccccc1)n1c2c(c3cc(C(Cl)(Cl)Cl)ccc31)CC(C(=O)O)(C(=O)O)CC2. The molecule has 1 heterocycles. The van der Waals surface area contributed by atoms with Gasteiger partial charge in [-0.25, -0.2) is 0 Å². The summed E-state index contributed by atoms with van der Waals surface area (Å²) in [6.45, 7) is 0. The highest BCUT2D eigenvalue weighted by molar-refractivity contribution is 6.66. The lowest BCUT2D eigenvalue weighted by Gasteiger charge is -2.29. The van der Waals surface area contributed by atoms with E-state index in [-0.39, 0.29) is 25.2 Å². The number of carboxylic acids is 2. The van der Waals surface area contributed by atoms with Crippen LogP contribution in [-0.4, -0.2) is 32.6 Å². The van der Waals surface area contributed by atoms with E-state index >= 15 is 0 Å². The third-order valence-electron chi connectivity index (χ3n) is 5.82. The van der Waals surface area contributed by atoms with E-state index in [1.54, 1.807) is 48.5 Å². The molecule has 2 aromatic carbocycles. The Morgan fingerprint density at radius 3 is 2.19 bits per heavy atom. The lowest BCUT2D eigenvalue weighted by atomic mass is 9.72. The van der Waals surface area contributed by atoms with E-state index in [2.05, 4.69) is 0 Å². The molecule has 6 nitrogen and oxygen atoms in total. The number of halogens is 3. The molecular weight excluding hydrogens is 465 g/mol. The van der Waals surface area contributed by atoms with Crippen molar-refractivity contribution in [3.05, 3.63) is 70.9 Å². The Labute approximate surface area is 191 Å². The zero-order chi connectivity index (χ0) is 22.6. The Morgan fingerprint density at radius 1 is 0.968 bits per heavy atom. The van der Waals surface area contributed by atoms with E-state index in [9.17, 15) is 24.6 Å². The summed E-state index contributed by atoms with van der Waals surface area (Å²) in [7, 11) is 0. The predicted octanol–water partition coefficient (Wildman–Crippen LogP) is 4.80. The minimum absolute atomic E-state index is 0.101. The van der Waals surface area contributed by atoms with Gasteiger partial charge in [-0.1, -0.05) is 59.1 Å². The molecule has 0 unspecified atom stereocenters. The summed E-state index contributed by atoms with van der Waals surface area (Å²) in [5.74, 6) is -3.14. The number of benzene rings is 2. The highest BCUT2D eigenvalue weighted by atomic mass is 35.6. The summed E-state index contributed by atoms with van der Waals surface area (Å²) in [4.78, 5) is 37.2. The summed E-state index contributed by atoms with van der Waals surface area (Å²) in [6, 6.07) is 13.4. The number of aliphatic carboxylic acids is 2. The molecule has 0 amide bonds. The van der Waals surface area contributed by atoms with E-state index in [4.69, 9.17) is 34.8 Å². The molecule has 1 aliphatic rings. The van der Waals surface area contributed by atoms with Gasteiger partial charge in [0.2, 0.25) is 3.79 Å². The minimum Gasteiger partial charge on any atom is -0.480 e. The summed E-state index contributed by atoms with van der Waals surface area (Å²) in [6.07, 6.45) is -0.313. The quantitative estimate of drug-likeness (QED) is 0.415. The molecule has 2 N–H and O–H groups in total. The Balaban J connectivity index is 2.00. The maximum Gasteiger partial charge on any atom is 0.321 e. The molecule has 1 aliphatic carbocycles. The number of aromatic nitrogens is 1. The maximum atomic E-state index is 13.4. The summed E-state index contributed by atoms with van der Waals surface area (Å²) in [5, 5.41) is 19.9. The lowest BCUT2D eigenvalue weighted by molar-refractivity contribution is -0.165. The molecule has 9 heteroatoms. The van der Waals surface area contributed by atoms with Crippen LogP contribution < -0.4 is 0 Å². The number of carbonyl (C=O) groups excluding carboxylic acids is 1. The van der Waals surface area contributed by atoms with Crippen molar-refractivity contribution in [2.75, 3.05) is 0 Å². The third-order valence-corrected chi connectivity index (χ3v) is 6.47. The van der Waals surface area contributed by atoms with Gasteiger partial charge >= 0.3 is 11.9 Å². The molecule has 0 bridgehead atoms. The monoisotopic (exact) mass is 479 g/mol. The Hall–Kier alpha value is -2.54. The van der Waals surface area contributed by atoms with Crippen LogP contribution in [0, 0.1) is 5.41 Å². The molecule has 0 fully saturated rings. The molecule has 1 aromatic heterocycles. The summed E-state index contributed by atoms with van der Waals surface area (Å²) in [5.41, 5.74) is 0.330. The van der Waals surface area contributed by atoms with Crippen LogP contribution in [0.25, 0.3) is 10.9 Å². The number of carboxylic acid groups (broad SMARTS) is 2. The highest BCUT2D eigenvalue weighted by Crippen LogP contribution is 2.44. The number of rotatable bonds is 3. The molecule has 0 spiro atoms. The second-order valence-corrected chi connectivity index (χ2v) is 9.81. The molecule has 3 aromatic rings. The van der Waals surface area contributed by atoms with Crippen LogP contribution in [0.15, 0.2) is 48.5 Å². The molecule has 0 saturated carbocycles. The van der Waals surface area contributed by atoms with Crippen LogP contribution in [0.2, 0.25) is 0 Å². The fourth-order valence-corrected chi connectivity index (χ4v) is 4.52. The van der Waals surface area contributed by atoms with E-state index < -0.39 is 21.1 Å². The van der Waals surface area contributed by atoms with E-state index in [0.717, 1.165) is 0 Å². The van der Waals surface area contributed by atoms with Crippen molar-refractivity contribution < 1.29 is 24.6 Å². The Bertz CT molecular complexity index is 1210. The van der Waals surface area contributed by atoms with Crippen molar-refractivity contribution in [3.63, 3.8) is 0 Å². The predicted molar refractivity (Wildman–Crippen MR) is 117 cm³/mol. The summed E-state index contributed by atoms with van der Waals surface area (Å²) < 4.78 is -0.228. The van der Waals surface area contributed by atoms with Crippen LogP contribution >= 0.6 is 34.8 Å². The normalized spacial score (nSPS) is 15.5. The standard InChI is InChI=1S/C22H16Cl3NO5/c23-22(24,25)13-6-7-16-14(10-13)15-11-21(19(28)29,20(30)31)9-8-17(15)26(16)18(27)12-4-2-1-3-5-12/h1-7,10H,8-9,11H2,(H,28,29)(H,30,31). The number of hydrogen-bond donors (Lipinski definition) is 2. The number of carbonyl (C=O) groups is 3. The molecule has 160 valence electrons. The van der Waals surface area contributed by atoms with Gasteiger partial charge in [-0.3, -0.25) is 19.0 Å². The van der Waals surface area contributed by atoms with Gasteiger partial charge in [0.25, 0.3) is 5.91 Å². The molecular formula is C22H16Cl3NO5. The van der Waals surface area contributed by atoms with Crippen molar-refractivity contribution in [1.82, 2.24) is 4.57 Å². The van der Waals surface area contributed by atoms with Crippen molar-refractivity contribution >= 4 is 63.6 Å². The van der Waals surface area contributed by atoms with Crippen LogP contribution in [0.4, 0.5) is 0 Å². The van der Waals surface area contributed by atoms with Gasteiger partial charge in [0.15, 0.2) is 5.41 Å². The van der Waals surface area contributed by atoms with Gasteiger partial charge < -0.3 is 10.2 Å². The number of hydrogen-bond acceptors (Lipinski definition) is 3. The fourth-order valence-electron chi connectivity index (χ4n) is 4.17. The first-order valence-corrected chi connectivity index (χ1v) is 10.5. The van der Waals surface area contributed by atoms with Crippen molar-refractivity contribution in [2.45, 2.75) is 23.1 Å². The average molecular weight is 481 g/mol. The number of alkyl halides is 3. The second-order valence-electron chi connectivity index (χ2n) is 7.53. The highest BCUT2D eigenvalue weighted by Gasteiger charge is 2.50. The van der Waals surface area contributed by atoms with Gasteiger partial charge in [-0.2, -0.15) is 0 Å². The van der Waals surface area contributed by atoms with Gasteiger partial charge in [0, 0.05) is 28.6 Å². The maximum absolute atomic E-state index is 13.4. The van der Waals surface area contributed by atoms with Crippen LogP contribution in [0.1, 0.15) is 33.6 Å². The molecule has 0 aliphatic heterocycles. The largest absolute Gasteiger partial charge is 0.480 e. The smallest absolute Gasteiger partial charge is 0.321 e. The summed E-state index contributed by atoms with van der Waals surface area (Å²) >= 11 is 18.1. The van der Waals surface area contributed by atoms with Crippen molar-refractivity contribution in [2.24, 2.45) is 5.41 Å². The van der Waals surface area contributed by atoms with Crippen molar-refractivity contribution in [1.29, 1.82) is 0 Å². The van der Waals surface area contributed by atoms with E-state index in [1.807, 2.05) is 0 Å². The van der Waals surface area contributed by atoms with Crippen LogP contribution in [-0.2, 0) is 26.2 Å².